The summed E-state index contributed by atoms with van der Waals surface area (Å²) in [5.74, 6) is 0. The molecule has 0 unspecified atom stereocenters. The highest BCUT2D eigenvalue weighted by molar-refractivity contribution is 5.15. The molecule has 1 rings (SSSR count). The summed E-state index contributed by atoms with van der Waals surface area (Å²) in [6, 6.07) is 0. The normalized spacial score (nSPS) is 25.2. The van der Waals surface area contributed by atoms with Crippen molar-refractivity contribution in [3.8, 4) is 0 Å². The summed E-state index contributed by atoms with van der Waals surface area (Å²) in [4.78, 5) is 0. The predicted molar refractivity (Wildman–Crippen MR) is 124 cm³/mol. The van der Waals surface area contributed by atoms with E-state index in [4.69, 9.17) is 0 Å². The lowest BCUT2D eigenvalue weighted by Crippen LogP contribution is -1.84. The van der Waals surface area contributed by atoms with Crippen LogP contribution in [0, 0.1) is 0 Å². The summed E-state index contributed by atoms with van der Waals surface area (Å²) in [5.41, 5.74) is 0. The summed E-state index contributed by atoms with van der Waals surface area (Å²) in [6.45, 7) is 0. The van der Waals surface area contributed by atoms with Crippen molar-refractivity contribution in [2.45, 2.75) is 122 Å². The average Bonchev–Trinajstić information content (AvgIpc) is 2.68. The van der Waals surface area contributed by atoms with E-state index in [0.29, 0.717) is 0 Å². The van der Waals surface area contributed by atoms with Crippen LogP contribution in [0.2, 0.25) is 0 Å². The molecule has 0 aromatic heterocycles. The van der Waals surface area contributed by atoms with Crippen molar-refractivity contribution in [3.63, 3.8) is 0 Å². The molecular weight excluding hydrogens is 324 g/mol. The molecule has 154 valence electrons. The van der Waals surface area contributed by atoms with E-state index < -0.39 is 0 Å². The van der Waals surface area contributed by atoms with Crippen molar-refractivity contribution in [3.05, 3.63) is 48.6 Å². The van der Waals surface area contributed by atoms with Crippen LogP contribution in [0.25, 0.3) is 0 Å². The van der Waals surface area contributed by atoms with Crippen LogP contribution in [0.3, 0.4) is 0 Å². The summed E-state index contributed by atoms with van der Waals surface area (Å²) in [7, 11) is 0. The predicted octanol–water partition coefficient (Wildman–Crippen LogP) is 9.64. The van der Waals surface area contributed by atoms with Crippen LogP contribution in [0.4, 0.5) is 0 Å². The quantitative estimate of drug-likeness (QED) is 0.398. The molecule has 0 nitrogen and oxygen atoms in total. The fourth-order valence-electron chi connectivity index (χ4n) is 3.78. The molecular formula is C27H46. The lowest BCUT2D eigenvalue weighted by atomic mass is 10.0. The smallest absolute Gasteiger partial charge is 0.0348 e. The van der Waals surface area contributed by atoms with Gasteiger partial charge in [-0.05, 0) is 25.7 Å². The van der Waals surface area contributed by atoms with Crippen LogP contribution >= 0.6 is 0 Å². The second-order valence-electron chi connectivity index (χ2n) is 8.21. The van der Waals surface area contributed by atoms with E-state index in [9.17, 15) is 0 Å². The summed E-state index contributed by atoms with van der Waals surface area (Å²) in [5, 5.41) is 0. The first kappa shape index (κ1) is 24.0. The minimum atomic E-state index is 1.23. The highest BCUT2D eigenvalue weighted by atomic mass is 14.0. The molecule has 0 spiro atoms. The number of hydrogen-bond acceptors (Lipinski definition) is 0. The zero-order valence-corrected chi connectivity index (χ0v) is 18.1. The molecule has 27 heavy (non-hydrogen) atoms. The van der Waals surface area contributed by atoms with Gasteiger partial charge in [0.15, 0.2) is 0 Å². The molecule has 0 amide bonds. The molecule has 0 atom stereocenters. The lowest BCUT2D eigenvalue weighted by molar-refractivity contribution is 0.526. The van der Waals surface area contributed by atoms with Gasteiger partial charge >= 0.3 is 0 Å². The summed E-state index contributed by atoms with van der Waals surface area (Å²) >= 11 is 0. The minimum Gasteiger partial charge on any atom is -0.0845 e. The fourth-order valence-corrected chi connectivity index (χ4v) is 3.78. The molecule has 0 saturated carbocycles. The monoisotopic (exact) mass is 370 g/mol. The molecule has 1 aliphatic carbocycles. The number of hydrogen-bond donors (Lipinski definition) is 0. The molecule has 0 aromatic rings. The highest BCUT2D eigenvalue weighted by Crippen LogP contribution is 2.14. The van der Waals surface area contributed by atoms with Crippen LogP contribution in [0.5, 0.6) is 0 Å². The van der Waals surface area contributed by atoms with Gasteiger partial charge in [0, 0.05) is 0 Å². The zero-order chi connectivity index (χ0) is 19.1. The topological polar surface area (TPSA) is 0 Å². The van der Waals surface area contributed by atoms with Crippen LogP contribution < -0.4 is 0 Å². The van der Waals surface area contributed by atoms with Crippen LogP contribution in [-0.2, 0) is 0 Å². The molecule has 0 bridgehead atoms. The Morgan fingerprint density at radius 1 is 0.222 bits per heavy atom. The summed E-state index contributed by atoms with van der Waals surface area (Å²) < 4.78 is 0. The highest BCUT2D eigenvalue weighted by Gasteiger charge is 1.95. The van der Waals surface area contributed by atoms with E-state index in [2.05, 4.69) is 48.6 Å². The van der Waals surface area contributed by atoms with Crippen molar-refractivity contribution in [2.75, 3.05) is 0 Å². The zero-order valence-electron chi connectivity index (χ0n) is 18.1. The van der Waals surface area contributed by atoms with Gasteiger partial charge in [-0.25, -0.2) is 0 Å². The Morgan fingerprint density at radius 2 is 0.444 bits per heavy atom. The SMILES string of the molecule is C1=CCCCCCCCCCCCCCCCCCCC/C=C/C=C/C=C/1. The van der Waals surface area contributed by atoms with E-state index in [1.165, 1.54) is 122 Å². The van der Waals surface area contributed by atoms with Gasteiger partial charge in [-0.15, -0.1) is 0 Å². The van der Waals surface area contributed by atoms with Gasteiger partial charge in [0.1, 0.15) is 0 Å². The van der Waals surface area contributed by atoms with Crippen molar-refractivity contribution >= 4 is 0 Å². The Balaban J connectivity index is 2.17. The van der Waals surface area contributed by atoms with Gasteiger partial charge in [0.25, 0.3) is 0 Å². The first-order chi connectivity index (χ1) is 13.5. The van der Waals surface area contributed by atoms with Crippen LogP contribution in [-0.4, -0.2) is 0 Å². The Morgan fingerprint density at radius 3 is 0.741 bits per heavy atom. The summed E-state index contributed by atoms with van der Waals surface area (Å²) in [6.07, 6.45) is 44.5. The molecule has 0 heterocycles. The fraction of sp³-hybridized carbons (Fsp3) is 0.704. The van der Waals surface area contributed by atoms with Gasteiger partial charge in [-0.2, -0.15) is 0 Å². The molecule has 1 aliphatic rings. The van der Waals surface area contributed by atoms with Gasteiger partial charge in [0.2, 0.25) is 0 Å². The van der Waals surface area contributed by atoms with Crippen molar-refractivity contribution in [2.24, 2.45) is 0 Å². The van der Waals surface area contributed by atoms with Crippen LogP contribution in [0.15, 0.2) is 48.6 Å². The maximum Gasteiger partial charge on any atom is -0.0348 e. The van der Waals surface area contributed by atoms with Gasteiger partial charge in [-0.1, -0.05) is 145 Å². The largest absolute Gasteiger partial charge is 0.0845 e. The van der Waals surface area contributed by atoms with Gasteiger partial charge < -0.3 is 0 Å². The second kappa shape index (κ2) is 21.3. The first-order valence-corrected chi connectivity index (χ1v) is 12.1. The van der Waals surface area contributed by atoms with Crippen molar-refractivity contribution in [1.82, 2.24) is 0 Å². The lowest BCUT2D eigenvalue weighted by Gasteiger charge is -2.03. The number of allylic oxidation sites excluding steroid dienone is 8. The van der Waals surface area contributed by atoms with E-state index in [0.717, 1.165) is 0 Å². The number of rotatable bonds is 0. The standard InChI is InChI=1S/C27H46/c1-2-4-6-8-10-12-14-16-18-20-22-24-26-27-25-23-21-19-17-15-13-11-9-7-5-3-1/h1-8H,9-27H2/b3-1+,4-2+,7-5+,8-6?. The van der Waals surface area contributed by atoms with Gasteiger partial charge in [0.05, 0.1) is 0 Å². The Labute approximate surface area is 170 Å². The third kappa shape index (κ3) is 19.5. The Bertz CT molecular complexity index is 358. The molecule has 0 aromatic carbocycles. The van der Waals surface area contributed by atoms with Gasteiger partial charge in [-0.3, -0.25) is 0 Å². The Hall–Kier alpha value is -1.04. The molecule has 0 fully saturated rings. The van der Waals surface area contributed by atoms with E-state index in [1.54, 1.807) is 0 Å². The minimum absolute atomic E-state index is 1.23. The maximum atomic E-state index is 2.31. The molecule has 0 aliphatic heterocycles. The van der Waals surface area contributed by atoms with E-state index >= 15 is 0 Å². The molecule has 0 N–H and O–H groups in total. The third-order valence-electron chi connectivity index (χ3n) is 5.57. The second-order valence-corrected chi connectivity index (χ2v) is 8.21. The van der Waals surface area contributed by atoms with Crippen molar-refractivity contribution in [1.29, 1.82) is 0 Å². The van der Waals surface area contributed by atoms with Crippen LogP contribution in [0.1, 0.15) is 122 Å². The Kier molecular flexibility index (Phi) is 18.9. The van der Waals surface area contributed by atoms with Crippen molar-refractivity contribution < 1.29 is 0 Å². The van der Waals surface area contributed by atoms with E-state index in [1.807, 2.05) is 0 Å². The first-order valence-electron chi connectivity index (χ1n) is 12.1. The van der Waals surface area contributed by atoms with E-state index in [-0.39, 0.29) is 0 Å². The third-order valence-corrected chi connectivity index (χ3v) is 5.57. The maximum absolute atomic E-state index is 2.31. The molecule has 0 radical (unpaired) electrons. The average molecular weight is 371 g/mol. The molecule has 0 heteroatoms. The molecule has 0 saturated heterocycles.